The average Bonchev–Trinajstić information content (AvgIpc) is 3.46. The molecule has 1 amide bonds. The zero-order valence-electron chi connectivity index (χ0n) is 16.1. The molecule has 2 aromatic rings. The zero-order valence-corrected chi connectivity index (χ0v) is 16.9. The Morgan fingerprint density at radius 3 is 2.45 bits per heavy atom. The molecule has 2 fully saturated rings. The number of carbonyl (C=O) groups excluding carboxylic acids is 3. The highest BCUT2D eigenvalue weighted by molar-refractivity contribution is 7.14. The lowest BCUT2D eigenvalue weighted by atomic mass is 9.96. The van der Waals surface area contributed by atoms with E-state index in [-0.39, 0.29) is 30.7 Å². The highest BCUT2D eigenvalue weighted by Crippen LogP contribution is 2.49. The van der Waals surface area contributed by atoms with E-state index in [4.69, 9.17) is 9.47 Å². The number of esters is 1. The van der Waals surface area contributed by atoms with E-state index in [2.05, 4.69) is 0 Å². The van der Waals surface area contributed by atoms with Gasteiger partial charge in [0, 0.05) is 18.0 Å². The van der Waals surface area contributed by atoms with E-state index < -0.39 is 5.41 Å². The summed E-state index contributed by atoms with van der Waals surface area (Å²) in [4.78, 5) is 40.5. The molecule has 1 aromatic heterocycles. The lowest BCUT2D eigenvalue weighted by Gasteiger charge is -2.26. The van der Waals surface area contributed by atoms with E-state index in [1.807, 2.05) is 30.3 Å². The molecule has 0 atom stereocenters. The van der Waals surface area contributed by atoms with Crippen LogP contribution < -0.4 is 0 Å². The minimum atomic E-state index is -0.591. The van der Waals surface area contributed by atoms with E-state index in [1.165, 1.54) is 11.3 Å². The number of Topliss-reactive ketones (excluding diaryl/α,β-unsaturated/α-hetero) is 1. The van der Waals surface area contributed by atoms with Crippen LogP contribution >= 0.6 is 11.3 Å². The van der Waals surface area contributed by atoms with Crippen LogP contribution in [0, 0.1) is 0 Å². The van der Waals surface area contributed by atoms with Gasteiger partial charge < -0.3 is 14.4 Å². The number of morpholine rings is 1. The Hall–Kier alpha value is -2.51. The largest absolute Gasteiger partial charge is 0.457 e. The fourth-order valence-electron chi connectivity index (χ4n) is 3.53. The number of thiophene rings is 1. The van der Waals surface area contributed by atoms with Gasteiger partial charge in [0.1, 0.15) is 0 Å². The van der Waals surface area contributed by atoms with Crippen LogP contribution in [0.3, 0.4) is 0 Å². The normalized spacial score (nSPS) is 17.6. The van der Waals surface area contributed by atoms with Gasteiger partial charge in [0.15, 0.2) is 6.61 Å². The summed E-state index contributed by atoms with van der Waals surface area (Å²) in [5, 5.41) is 0. The van der Waals surface area contributed by atoms with Crippen molar-refractivity contribution < 1.29 is 23.9 Å². The van der Waals surface area contributed by atoms with Crippen LogP contribution in [-0.4, -0.2) is 55.5 Å². The molecule has 29 heavy (non-hydrogen) atoms. The molecule has 0 N–H and O–H groups in total. The van der Waals surface area contributed by atoms with Crippen molar-refractivity contribution in [3.8, 4) is 0 Å². The van der Waals surface area contributed by atoms with Crippen LogP contribution in [0.15, 0.2) is 42.5 Å². The second-order valence-corrected chi connectivity index (χ2v) is 8.55. The number of rotatable bonds is 7. The number of ether oxygens (including phenoxy) is 2. The number of nitrogens with zero attached hydrogens (tertiary/aromatic N) is 1. The average molecular weight is 413 g/mol. The monoisotopic (exact) mass is 413 g/mol. The van der Waals surface area contributed by atoms with Gasteiger partial charge in [0.25, 0.3) is 0 Å². The van der Waals surface area contributed by atoms with Gasteiger partial charge in [-0.05, 0) is 30.5 Å². The predicted octanol–water partition coefficient (Wildman–Crippen LogP) is 2.61. The predicted molar refractivity (Wildman–Crippen MR) is 108 cm³/mol. The van der Waals surface area contributed by atoms with Crippen molar-refractivity contribution in [2.24, 2.45) is 0 Å². The molecule has 4 rings (SSSR count). The maximum absolute atomic E-state index is 12.6. The van der Waals surface area contributed by atoms with Gasteiger partial charge >= 0.3 is 5.97 Å². The van der Waals surface area contributed by atoms with E-state index in [0.717, 1.165) is 23.3 Å². The van der Waals surface area contributed by atoms with Crippen molar-refractivity contribution in [3.63, 3.8) is 0 Å². The van der Waals surface area contributed by atoms with Crippen molar-refractivity contribution >= 4 is 29.0 Å². The van der Waals surface area contributed by atoms with Crippen molar-refractivity contribution in [2.45, 2.75) is 24.7 Å². The summed E-state index contributed by atoms with van der Waals surface area (Å²) >= 11 is 1.28. The Bertz CT molecular complexity index is 897. The van der Waals surface area contributed by atoms with Crippen LogP contribution in [-0.2, 0) is 30.9 Å². The van der Waals surface area contributed by atoms with Crippen LogP contribution in [0.1, 0.15) is 33.0 Å². The lowest BCUT2D eigenvalue weighted by molar-refractivity contribution is -0.145. The summed E-state index contributed by atoms with van der Waals surface area (Å²) in [5.41, 5.74) is 0.352. The van der Waals surface area contributed by atoms with Gasteiger partial charge in [-0.1, -0.05) is 30.3 Å². The molecule has 2 aliphatic rings. The minimum absolute atomic E-state index is 0.0408. The van der Waals surface area contributed by atoms with E-state index in [1.54, 1.807) is 17.0 Å². The van der Waals surface area contributed by atoms with Crippen molar-refractivity contribution in [1.29, 1.82) is 0 Å². The summed E-state index contributed by atoms with van der Waals surface area (Å²) in [5.74, 6) is -0.535. The quantitative estimate of drug-likeness (QED) is 0.515. The SMILES string of the molecule is O=C(COC(=O)C1(c2ccccc2)CC1)c1ccc(CC(=O)N2CCOCC2)s1. The van der Waals surface area contributed by atoms with Gasteiger partial charge in [0.05, 0.1) is 29.9 Å². The van der Waals surface area contributed by atoms with Crippen LogP contribution in [0.4, 0.5) is 0 Å². The molecule has 0 radical (unpaired) electrons. The number of hydrogen-bond acceptors (Lipinski definition) is 6. The number of hydrogen-bond donors (Lipinski definition) is 0. The topological polar surface area (TPSA) is 72.9 Å². The summed E-state index contributed by atoms with van der Waals surface area (Å²) in [7, 11) is 0. The third-order valence-corrected chi connectivity index (χ3v) is 6.55. The van der Waals surface area contributed by atoms with Gasteiger partial charge in [-0.3, -0.25) is 14.4 Å². The fourth-order valence-corrected chi connectivity index (χ4v) is 4.45. The Labute approximate surface area is 173 Å². The van der Waals surface area contributed by atoms with Crippen LogP contribution in [0.2, 0.25) is 0 Å². The molecule has 1 aromatic carbocycles. The van der Waals surface area contributed by atoms with E-state index in [9.17, 15) is 14.4 Å². The van der Waals surface area contributed by atoms with Crippen LogP contribution in [0.5, 0.6) is 0 Å². The number of carbonyl (C=O) groups is 3. The Kier molecular flexibility index (Phi) is 5.78. The summed E-state index contributed by atoms with van der Waals surface area (Å²) in [6, 6.07) is 13.1. The molecular weight excluding hydrogens is 390 g/mol. The first-order valence-corrected chi connectivity index (χ1v) is 10.6. The van der Waals surface area contributed by atoms with E-state index in [0.29, 0.717) is 31.2 Å². The molecule has 6 nitrogen and oxygen atoms in total. The molecule has 0 bridgehead atoms. The van der Waals surface area contributed by atoms with Crippen molar-refractivity contribution in [3.05, 3.63) is 57.8 Å². The maximum atomic E-state index is 12.6. The third kappa shape index (κ3) is 4.41. The lowest BCUT2D eigenvalue weighted by Crippen LogP contribution is -2.41. The van der Waals surface area contributed by atoms with Gasteiger partial charge in [-0.15, -0.1) is 11.3 Å². The number of benzene rings is 1. The first-order valence-electron chi connectivity index (χ1n) is 9.79. The van der Waals surface area contributed by atoms with Gasteiger partial charge in [-0.25, -0.2) is 0 Å². The summed E-state index contributed by atoms with van der Waals surface area (Å²) in [6.45, 7) is 2.07. The molecule has 2 heterocycles. The number of ketones is 1. The molecule has 1 saturated heterocycles. The Balaban J connectivity index is 1.30. The van der Waals surface area contributed by atoms with Crippen LogP contribution in [0.25, 0.3) is 0 Å². The highest BCUT2D eigenvalue weighted by Gasteiger charge is 2.52. The van der Waals surface area contributed by atoms with Gasteiger partial charge in [-0.2, -0.15) is 0 Å². The smallest absolute Gasteiger partial charge is 0.317 e. The third-order valence-electron chi connectivity index (χ3n) is 5.43. The maximum Gasteiger partial charge on any atom is 0.317 e. The second-order valence-electron chi connectivity index (χ2n) is 7.38. The molecule has 1 saturated carbocycles. The molecule has 0 spiro atoms. The zero-order chi connectivity index (χ0) is 20.3. The summed E-state index contributed by atoms with van der Waals surface area (Å²) < 4.78 is 10.6. The molecule has 1 aliphatic heterocycles. The first kappa shape index (κ1) is 19.8. The van der Waals surface area contributed by atoms with E-state index >= 15 is 0 Å². The number of amides is 1. The molecule has 0 unspecified atom stereocenters. The molecular formula is C22H23NO5S. The van der Waals surface area contributed by atoms with Crippen molar-refractivity contribution in [2.75, 3.05) is 32.9 Å². The minimum Gasteiger partial charge on any atom is -0.457 e. The molecule has 1 aliphatic carbocycles. The second kappa shape index (κ2) is 8.47. The fraction of sp³-hybridized carbons (Fsp3) is 0.409. The first-order chi connectivity index (χ1) is 14.1. The molecule has 7 heteroatoms. The Morgan fingerprint density at radius 1 is 1.03 bits per heavy atom. The molecule has 152 valence electrons. The summed E-state index contributed by atoms with van der Waals surface area (Å²) in [6.07, 6.45) is 1.77. The standard InChI is InChI=1S/C22H23NO5S/c24-18(15-28-21(26)22(8-9-22)16-4-2-1-3-5-16)19-7-6-17(29-19)14-20(25)23-10-12-27-13-11-23/h1-7H,8-15H2. The van der Waals surface area contributed by atoms with Crippen molar-refractivity contribution in [1.82, 2.24) is 4.90 Å². The van der Waals surface area contributed by atoms with Gasteiger partial charge in [0.2, 0.25) is 11.7 Å². The Morgan fingerprint density at radius 2 is 1.76 bits per heavy atom. The highest BCUT2D eigenvalue weighted by atomic mass is 32.1.